The minimum Gasteiger partial charge on any atom is -0.298 e. The van der Waals surface area contributed by atoms with Gasteiger partial charge >= 0.3 is 0 Å². The molecule has 2 aliphatic carbocycles. The monoisotopic (exact) mass is 259 g/mol. The van der Waals surface area contributed by atoms with Crippen molar-refractivity contribution in [3.05, 3.63) is 35.4 Å². The van der Waals surface area contributed by atoms with Crippen molar-refractivity contribution >= 4 is 0 Å². The van der Waals surface area contributed by atoms with Crippen LogP contribution in [0.5, 0.6) is 0 Å². The van der Waals surface area contributed by atoms with Crippen LogP contribution in [-0.2, 0) is 10.3 Å². The summed E-state index contributed by atoms with van der Waals surface area (Å²) >= 11 is 0. The van der Waals surface area contributed by atoms with Crippen molar-refractivity contribution in [2.24, 2.45) is 0 Å². The third kappa shape index (κ3) is 2.70. The normalized spacial score (nSPS) is 26.3. The smallest absolute Gasteiger partial charge is 0.0790 e. The molecule has 0 spiro atoms. The van der Waals surface area contributed by atoms with Crippen LogP contribution < -0.4 is 5.48 Å². The van der Waals surface area contributed by atoms with Gasteiger partial charge in [-0.1, -0.05) is 51.0 Å². The van der Waals surface area contributed by atoms with Crippen molar-refractivity contribution in [3.8, 4) is 0 Å². The first-order chi connectivity index (χ1) is 9.17. The Morgan fingerprint density at radius 3 is 2.63 bits per heavy atom. The van der Waals surface area contributed by atoms with Crippen LogP contribution in [0.15, 0.2) is 24.3 Å². The maximum Gasteiger partial charge on any atom is 0.0790 e. The molecule has 0 aliphatic heterocycles. The van der Waals surface area contributed by atoms with Crippen molar-refractivity contribution in [3.63, 3.8) is 0 Å². The Bertz CT molecular complexity index is 435. The number of rotatable bonds is 3. The average Bonchev–Trinajstić information content (AvgIpc) is 2.91. The lowest BCUT2D eigenvalue weighted by Gasteiger charge is -2.37. The molecule has 1 unspecified atom stereocenters. The SMILES string of the molecule is CC1(C)CCC(NOC2CCCC2)c2ccccc21. The van der Waals surface area contributed by atoms with Crippen molar-refractivity contribution in [2.45, 2.75) is 69.9 Å². The number of hydrogen-bond donors (Lipinski definition) is 1. The first-order valence-corrected chi connectivity index (χ1v) is 7.67. The highest BCUT2D eigenvalue weighted by atomic mass is 16.7. The number of hydroxylamine groups is 1. The Morgan fingerprint density at radius 1 is 1.11 bits per heavy atom. The molecule has 1 aromatic rings. The molecule has 0 bridgehead atoms. The predicted octanol–water partition coefficient (Wildman–Crippen LogP) is 4.26. The molecule has 1 atom stereocenters. The van der Waals surface area contributed by atoms with E-state index in [0.29, 0.717) is 17.6 Å². The van der Waals surface area contributed by atoms with E-state index in [1.165, 1.54) is 43.2 Å². The van der Waals surface area contributed by atoms with Crippen molar-refractivity contribution < 1.29 is 4.84 Å². The van der Waals surface area contributed by atoms with Crippen molar-refractivity contribution in [1.82, 2.24) is 5.48 Å². The molecule has 2 nitrogen and oxygen atoms in total. The van der Waals surface area contributed by atoms with Gasteiger partial charge in [-0.05, 0) is 42.2 Å². The van der Waals surface area contributed by atoms with Crippen LogP contribution in [0.1, 0.15) is 69.5 Å². The van der Waals surface area contributed by atoms with Crippen LogP contribution in [0, 0.1) is 0 Å². The van der Waals surface area contributed by atoms with Gasteiger partial charge in [0.25, 0.3) is 0 Å². The van der Waals surface area contributed by atoms with E-state index < -0.39 is 0 Å². The molecule has 0 aromatic heterocycles. The van der Waals surface area contributed by atoms with Crippen LogP contribution in [0.3, 0.4) is 0 Å². The topological polar surface area (TPSA) is 21.3 Å². The fraction of sp³-hybridized carbons (Fsp3) is 0.647. The second-order valence-electron chi connectivity index (χ2n) is 6.70. The molecule has 1 fully saturated rings. The highest BCUT2D eigenvalue weighted by Gasteiger charge is 2.32. The van der Waals surface area contributed by atoms with Crippen LogP contribution in [0.2, 0.25) is 0 Å². The molecule has 1 N–H and O–H groups in total. The summed E-state index contributed by atoms with van der Waals surface area (Å²) in [7, 11) is 0. The molecule has 19 heavy (non-hydrogen) atoms. The fourth-order valence-electron chi connectivity index (χ4n) is 3.52. The van der Waals surface area contributed by atoms with Crippen molar-refractivity contribution in [1.29, 1.82) is 0 Å². The average molecular weight is 259 g/mol. The van der Waals surface area contributed by atoms with Crippen LogP contribution in [0.4, 0.5) is 0 Å². The van der Waals surface area contributed by atoms with Gasteiger partial charge < -0.3 is 0 Å². The minimum absolute atomic E-state index is 0.294. The van der Waals surface area contributed by atoms with E-state index in [4.69, 9.17) is 4.84 Å². The molecular formula is C17H25NO. The summed E-state index contributed by atoms with van der Waals surface area (Å²) in [6.07, 6.45) is 7.88. The van der Waals surface area contributed by atoms with E-state index in [1.807, 2.05) is 0 Å². The Morgan fingerprint density at radius 2 is 1.84 bits per heavy atom. The zero-order chi connectivity index (χ0) is 13.3. The van der Waals surface area contributed by atoms with Gasteiger partial charge in [0.1, 0.15) is 0 Å². The Hall–Kier alpha value is -0.860. The Kier molecular flexibility index (Phi) is 3.64. The lowest BCUT2D eigenvalue weighted by atomic mass is 9.71. The summed E-state index contributed by atoms with van der Waals surface area (Å²) in [5, 5.41) is 0. The van der Waals surface area contributed by atoms with Gasteiger partial charge in [0.05, 0.1) is 12.1 Å². The summed E-state index contributed by atoms with van der Waals surface area (Å²) < 4.78 is 0. The lowest BCUT2D eigenvalue weighted by Crippen LogP contribution is -2.34. The molecule has 0 amide bonds. The largest absolute Gasteiger partial charge is 0.298 e. The molecule has 0 heterocycles. The molecule has 1 saturated carbocycles. The Balaban J connectivity index is 1.73. The molecule has 104 valence electrons. The van der Waals surface area contributed by atoms with Gasteiger partial charge in [-0.3, -0.25) is 4.84 Å². The molecule has 2 heteroatoms. The highest BCUT2D eigenvalue weighted by Crippen LogP contribution is 2.41. The van der Waals surface area contributed by atoms with E-state index in [1.54, 1.807) is 0 Å². The minimum atomic E-state index is 0.294. The fourth-order valence-corrected chi connectivity index (χ4v) is 3.52. The zero-order valence-corrected chi connectivity index (χ0v) is 12.1. The number of fused-ring (bicyclic) bond motifs is 1. The molecule has 3 rings (SSSR count). The van der Waals surface area contributed by atoms with Gasteiger partial charge in [-0.2, -0.15) is 5.48 Å². The summed E-state index contributed by atoms with van der Waals surface area (Å²) in [4.78, 5) is 5.92. The van der Waals surface area contributed by atoms with Crippen LogP contribution >= 0.6 is 0 Å². The number of hydrogen-bond acceptors (Lipinski definition) is 2. The highest BCUT2D eigenvalue weighted by molar-refractivity contribution is 5.37. The van der Waals surface area contributed by atoms with E-state index in [-0.39, 0.29) is 0 Å². The van der Waals surface area contributed by atoms with E-state index in [0.717, 1.165) is 6.42 Å². The number of benzene rings is 1. The van der Waals surface area contributed by atoms with Gasteiger partial charge in [0, 0.05) is 0 Å². The zero-order valence-electron chi connectivity index (χ0n) is 12.1. The maximum atomic E-state index is 5.92. The molecule has 0 radical (unpaired) electrons. The van der Waals surface area contributed by atoms with Gasteiger partial charge in [0.2, 0.25) is 0 Å². The quantitative estimate of drug-likeness (QED) is 0.819. The molecular weight excluding hydrogens is 234 g/mol. The van der Waals surface area contributed by atoms with Gasteiger partial charge in [0.15, 0.2) is 0 Å². The third-order valence-corrected chi connectivity index (χ3v) is 4.80. The summed E-state index contributed by atoms with van der Waals surface area (Å²) in [5.41, 5.74) is 6.56. The first kappa shape index (κ1) is 13.1. The van der Waals surface area contributed by atoms with Gasteiger partial charge in [-0.25, -0.2) is 0 Å². The first-order valence-electron chi connectivity index (χ1n) is 7.67. The third-order valence-electron chi connectivity index (χ3n) is 4.80. The summed E-state index contributed by atoms with van der Waals surface area (Å²) in [5.74, 6) is 0. The molecule has 0 saturated heterocycles. The lowest BCUT2D eigenvalue weighted by molar-refractivity contribution is -0.0451. The van der Waals surface area contributed by atoms with Crippen LogP contribution in [-0.4, -0.2) is 6.10 Å². The van der Waals surface area contributed by atoms with Crippen molar-refractivity contribution in [2.75, 3.05) is 0 Å². The van der Waals surface area contributed by atoms with Crippen LogP contribution in [0.25, 0.3) is 0 Å². The molecule has 2 aliphatic rings. The summed E-state index contributed by atoms with van der Waals surface area (Å²) in [6, 6.07) is 9.19. The summed E-state index contributed by atoms with van der Waals surface area (Å²) in [6.45, 7) is 4.69. The molecule has 1 aromatic carbocycles. The van der Waals surface area contributed by atoms with E-state index in [9.17, 15) is 0 Å². The van der Waals surface area contributed by atoms with E-state index >= 15 is 0 Å². The number of nitrogens with one attached hydrogen (secondary N) is 1. The predicted molar refractivity (Wildman–Crippen MR) is 77.9 cm³/mol. The van der Waals surface area contributed by atoms with Gasteiger partial charge in [-0.15, -0.1) is 0 Å². The standard InChI is InChI=1S/C17H25NO/c1-17(2)12-11-16(14-9-5-6-10-15(14)17)18-19-13-7-3-4-8-13/h5-6,9-10,13,16,18H,3-4,7-8,11-12H2,1-2H3. The Labute approximate surface area is 116 Å². The second kappa shape index (κ2) is 5.26. The maximum absolute atomic E-state index is 5.92. The van der Waals surface area contributed by atoms with E-state index in [2.05, 4.69) is 43.6 Å². The second-order valence-corrected chi connectivity index (χ2v) is 6.70.